The van der Waals surface area contributed by atoms with Crippen molar-refractivity contribution < 1.29 is 9.90 Å². The van der Waals surface area contributed by atoms with Crippen LogP contribution in [0.1, 0.15) is 76.7 Å². The van der Waals surface area contributed by atoms with Gasteiger partial charge < -0.3 is 5.11 Å². The monoisotopic (exact) mass is 382 g/mol. The molecule has 1 aliphatic carbocycles. The number of benzene rings is 1. The van der Waals surface area contributed by atoms with Gasteiger partial charge in [-0.2, -0.15) is 0 Å². The highest BCUT2D eigenvalue weighted by molar-refractivity contribution is 5.67. The zero-order valence-corrected chi connectivity index (χ0v) is 17.6. The fraction of sp³-hybridized carbons (Fsp3) is 0.577. The summed E-state index contributed by atoms with van der Waals surface area (Å²) in [6.45, 7) is 2.25. The van der Waals surface area contributed by atoms with E-state index < -0.39 is 5.97 Å². The Morgan fingerprint density at radius 2 is 1.79 bits per heavy atom. The van der Waals surface area contributed by atoms with E-state index in [0.717, 1.165) is 19.3 Å². The number of carbonyl (C=O) groups is 1. The fourth-order valence-electron chi connectivity index (χ4n) is 4.32. The number of aliphatic carboxylic acids is 1. The number of rotatable bonds is 13. The first kappa shape index (κ1) is 22.5. The molecule has 0 heterocycles. The van der Waals surface area contributed by atoms with E-state index in [9.17, 15) is 9.90 Å². The third-order valence-corrected chi connectivity index (χ3v) is 5.93. The van der Waals surface area contributed by atoms with Gasteiger partial charge in [0.1, 0.15) is 0 Å². The Balaban J connectivity index is 1.76. The summed E-state index contributed by atoms with van der Waals surface area (Å²) in [4.78, 5) is 11.4. The molecule has 0 unspecified atom stereocenters. The molecule has 0 amide bonds. The summed E-state index contributed by atoms with van der Waals surface area (Å²) in [6, 6.07) is 10.5. The molecule has 1 aromatic carbocycles. The summed E-state index contributed by atoms with van der Waals surface area (Å²) in [7, 11) is 0. The minimum absolute atomic E-state index is 0.252. The molecular weight excluding hydrogens is 344 g/mol. The highest BCUT2D eigenvalue weighted by Crippen LogP contribution is 2.35. The molecule has 3 atom stereocenters. The molecule has 0 aromatic heterocycles. The quantitative estimate of drug-likeness (QED) is 0.289. The number of hydrogen-bond acceptors (Lipinski definition) is 1. The van der Waals surface area contributed by atoms with Crippen LogP contribution >= 0.6 is 0 Å². The van der Waals surface area contributed by atoms with Crippen LogP contribution in [0.3, 0.4) is 0 Å². The van der Waals surface area contributed by atoms with Crippen LogP contribution < -0.4 is 0 Å². The van der Waals surface area contributed by atoms with E-state index in [4.69, 9.17) is 0 Å². The second kappa shape index (κ2) is 13.4. The molecule has 0 saturated carbocycles. The molecule has 2 heteroatoms. The molecule has 0 fully saturated rings. The predicted octanol–water partition coefficient (Wildman–Crippen LogP) is 7.21. The summed E-state index contributed by atoms with van der Waals surface area (Å²) in [5.41, 5.74) is 1.30. The van der Waals surface area contributed by atoms with Crippen LogP contribution in [0, 0.1) is 17.8 Å². The van der Waals surface area contributed by atoms with Crippen molar-refractivity contribution in [3.05, 3.63) is 60.2 Å². The molecule has 0 aliphatic heterocycles. The molecule has 1 N–H and O–H groups in total. The summed E-state index contributed by atoms with van der Waals surface area (Å²) in [5.74, 6) is 0.469. The Hall–Kier alpha value is -1.83. The maximum absolute atomic E-state index is 11.4. The molecule has 2 nitrogen and oxygen atoms in total. The van der Waals surface area contributed by atoms with Gasteiger partial charge in [-0.05, 0) is 68.3 Å². The second-order valence-corrected chi connectivity index (χ2v) is 8.34. The number of hydrogen-bond donors (Lipinski definition) is 1. The van der Waals surface area contributed by atoms with E-state index in [-0.39, 0.29) is 12.3 Å². The van der Waals surface area contributed by atoms with E-state index in [2.05, 4.69) is 55.5 Å². The van der Waals surface area contributed by atoms with Crippen molar-refractivity contribution in [1.29, 1.82) is 0 Å². The molecule has 0 saturated heterocycles. The molecule has 28 heavy (non-hydrogen) atoms. The SMILES string of the molecule is CCCCCC/C=C\CCC[C@@H]1C=C[C@@H](Cc2ccccc2)[C@H](CC(=O)O)C1. The second-order valence-electron chi connectivity index (χ2n) is 8.34. The maximum atomic E-state index is 11.4. The molecule has 1 aliphatic rings. The summed E-state index contributed by atoms with van der Waals surface area (Å²) >= 11 is 0. The Morgan fingerprint density at radius 1 is 1.04 bits per heavy atom. The number of carboxylic acids is 1. The number of allylic oxidation sites excluding steroid dienone is 4. The molecule has 0 bridgehead atoms. The van der Waals surface area contributed by atoms with Crippen molar-refractivity contribution in [2.75, 3.05) is 0 Å². The third-order valence-electron chi connectivity index (χ3n) is 5.93. The largest absolute Gasteiger partial charge is 0.481 e. The van der Waals surface area contributed by atoms with Gasteiger partial charge in [0.15, 0.2) is 0 Å². The van der Waals surface area contributed by atoms with E-state index in [1.54, 1.807) is 0 Å². The lowest BCUT2D eigenvalue weighted by Crippen LogP contribution is -2.25. The average Bonchev–Trinajstić information content (AvgIpc) is 2.69. The first-order chi connectivity index (χ1) is 13.7. The lowest BCUT2D eigenvalue weighted by molar-refractivity contribution is -0.138. The van der Waals surface area contributed by atoms with Crippen molar-refractivity contribution in [2.24, 2.45) is 17.8 Å². The van der Waals surface area contributed by atoms with Gasteiger partial charge >= 0.3 is 5.97 Å². The van der Waals surface area contributed by atoms with Gasteiger partial charge in [0.05, 0.1) is 0 Å². The summed E-state index contributed by atoms with van der Waals surface area (Å²) in [5, 5.41) is 9.35. The van der Waals surface area contributed by atoms with E-state index in [1.165, 1.54) is 50.5 Å². The van der Waals surface area contributed by atoms with E-state index in [1.807, 2.05) is 6.07 Å². The predicted molar refractivity (Wildman–Crippen MR) is 118 cm³/mol. The molecule has 0 radical (unpaired) electrons. The molecule has 2 rings (SSSR count). The Labute approximate surface area is 171 Å². The molecular formula is C26H38O2. The average molecular weight is 383 g/mol. The van der Waals surface area contributed by atoms with Crippen molar-refractivity contribution in [3.63, 3.8) is 0 Å². The minimum Gasteiger partial charge on any atom is -0.481 e. The van der Waals surface area contributed by atoms with E-state index in [0.29, 0.717) is 11.8 Å². The lowest BCUT2D eigenvalue weighted by Gasteiger charge is -2.31. The van der Waals surface area contributed by atoms with Gasteiger partial charge in [-0.3, -0.25) is 4.79 Å². The Morgan fingerprint density at radius 3 is 2.50 bits per heavy atom. The van der Waals surface area contributed by atoms with Crippen LogP contribution in [0.5, 0.6) is 0 Å². The van der Waals surface area contributed by atoms with Crippen LogP contribution in [-0.2, 0) is 11.2 Å². The number of unbranched alkanes of at least 4 members (excludes halogenated alkanes) is 5. The van der Waals surface area contributed by atoms with Crippen LogP contribution in [0.25, 0.3) is 0 Å². The first-order valence-electron chi connectivity index (χ1n) is 11.3. The van der Waals surface area contributed by atoms with Gasteiger partial charge in [-0.1, -0.05) is 80.8 Å². The van der Waals surface area contributed by atoms with Gasteiger partial charge in [-0.15, -0.1) is 0 Å². The van der Waals surface area contributed by atoms with Crippen LogP contribution in [0.15, 0.2) is 54.6 Å². The van der Waals surface area contributed by atoms with Gasteiger partial charge in [0.25, 0.3) is 0 Å². The smallest absolute Gasteiger partial charge is 0.303 e. The van der Waals surface area contributed by atoms with Gasteiger partial charge in [0, 0.05) is 6.42 Å². The Kier molecular flexibility index (Phi) is 10.7. The normalized spacial score (nSPS) is 22.0. The summed E-state index contributed by atoms with van der Waals surface area (Å²) in [6.07, 6.45) is 21.6. The van der Waals surface area contributed by atoms with Crippen molar-refractivity contribution in [3.8, 4) is 0 Å². The highest BCUT2D eigenvalue weighted by atomic mass is 16.4. The topological polar surface area (TPSA) is 37.3 Å². The standard InChI is InChI=1S/C26H38O2/c1-2-3-4-5-6-7-8-9-11-16-23-17-18-24(25(20-23)21-26(27)28)19-22-14-12-10-13-15-22/h7-8,10,12-15,17-18,23-25H,2-6,9,11,16,19-21H2,1H3,(H,27,28)/b8-7-/t23-,24+,25+/m1/s1. The third kappa shape index (κ3) is 8.91. The first-order valence-corrected chi connectivity index (χ1v) is 11.3. The zero-order valence-electron chi connectivity index (χ0n) is 17.6. The van der Waals surface area contributed by atoms with Crippen molar-refractivity contribution >= 4 is 5.97 Å². The molecule has 1 aromatic rings. The van der Waals surface area contributed by atoms with E-state index >= 15 is 0 Å². The van der Waals surface area contributed by atoms with Crippen LogP contribution in [-0.4, -0.2) is 11.1 Å². The van der Waals surface area contributed by atoms with Crippen LogP contribution in [0.2, 0.25) is 0 Å². The van der Waals surface area contributed by atoms with Gasteiger partial charge in [-0.25, -0.2) is 0 Å². The zero-order chi connectivity index (χ0) is 20.0. The summed E-state index contributed by atoms with van der Waals surface area (Å²) < 4.78 is 0. The highest BCUT2D eigenvalue weighted by Gasteiger charge is 2.28. The Bertz CT molecular complexity index is 602. The van der Waals surface area contributed by atoms with Crippen molar-refractivity contribution in [2.45, 2.75) is 77.6 Å². The number of carboxylic acid groups (broad SMARTS) is 1. The van der Waals surface area contributed by atoms with Gasteiger partial charge in [0.2, 0.25) is 0 Å². The lowest BCUT2D eigenvalue weighted by atomic mass is 9.73. The van der Waals surface area contributed by atoms with Crippen LogP contribution in [0.4, 0.5) is 0 Å². The molecule has 0 spiro atoms. The molecule has 154 valence electrons. The van der Waals surface area contributed by atoms with Crippen molar-refractivity contribution in [1.82, 2.24) is 0 Å². The fourth-order valence-corrected chi connectivity index (χ4v) is 4.32. The minimum atomic E-state index is -0.664. The maximum Gasteiger partial charge on any atom is 0.303 e.